The number of rotatable bonds is 6. The highest BCUT2D eigenvalue weighted by atomic mass is 32.2. The van der Waals surface area contributed by atoms with E-state index in [0.29, 0.717) is 28.6 Å². The number of nitrogens with one attached hydrogen (secondary N) is 1. The number of benzene rings is 3. The standard InChI is InChI=1S/C26H23N3O5S/c1-4-34-18-12-10-17(11-13-18)29-24(31)19-14-9-16(15-20(19)25(29)32)23(30)27-21-7-5-6-8-22(21)35-26(33)28(2)3/h5-15H,4H2,1-3H3,(H,27,30). The highest BCUT2D eigenvalue weighted by Gasteiger charge is 2.37. The Kier molecular flexibility index (Phi) is 6.88. The monoisotopic (exact) mass is 489 g/mol. The molecule has 4 amide bonds. The minimum atomic E-state index is -0.503. The van der Waals surface area contributed by atoms with E-state index < -0.39 is 17.7 Å². The van der Waals surface area contributed by atoms with Gasteiger partial charge in [0.15, 0.2) is 0 Å². The van der Waals surface area contributed by atoms with E-state index in [1.165, 1.54) is 23.1 Å². The van der Waals surface area contributed by atoms with Gasteiger partial charge in [0.25, 0.3) is 23.0 Å². The molecule has 1 heterocycles. The predicted molar refractivity (Wildman–Crippen MR) is 135 cm³/mol. The van der Waals surface area contributed by atoms with Crippen molar-refractivity contribution < 1.29 is 23.9 Å². The van der Waals surface area contributed by atoms with Crippen LogP contribution in [0.15, 0.2) is 71.6 Å². The normalized spacial score (nSPS) is 12.4. The summed E-state index contributed by atoms with van der Waals surface area (Å²) in [6.07, 6.45) is 0. The molecule has 178 valence electrons. The second-order valence-corrected chi connectivity index (χ2v) is 8.84. The molecule has 3 aromatic rings. The Morgan fingerprint density at radius 1 is 0.943 bits per heavy atom. The second kappa shape index (κ2) is 10.0. The molecule has 3 aromatic carbocycles. The molecular weight excluding hydrogens is 466 g/mol. The molecule has 1 aliphatic heterocycles. The van der Waals surface area contributed by atoms with Crippen molar-refractivity contribution >= 4 is 46.1 Å². The Balaban J connectivity index is 1.56. The molecule has 0 saturated heterocycles. The maximum Gasteiger partial charge on any atom is 0.286 e. The van der Waals surface area contributed by atoms with Crippen LogP contribution in [0.2, 0.25) is 0 Å². The molecule has 1 N–H and O–H groups in total. The van der Waals surface area contributed by atoms with Gasteiger partial charge >= 0.3 is 0 Å². The second-order valence-electron chi connectivity index (χ2n) is 7.85. The van der Waals surface area contributed by atoms with Crippen molar-refractivity contribution in [2.24, 2.45) is 0 Å². The summed E-state index contributed by atoms with van der Waals surface area (Å²) in [5.74, 6) is -0.781. The van der Waals surface area contributed by atoms with Crippen LogP contribution >= 0.6 is 11.8 Å². The molecule has 0 aromatic heterocycles. The number of imide groups is 1. The summed E-state index contributed by atoms with van der Waals surface area (Å²) in [5, 5.41) is 2.62. The fraction of sp³-hybridized carbons (Fsp3) is 0.154. The average Bonchev–Trinajstić information content (AvgIpc) is 3.10. The third-order valence-corrected chi connectivity index (χ3v) is 6.37. The lowest BCUT2D eigenvalue weighted by atomic mass is 10.1. The van der Waals surface area contributed by atoms with E-state index in [4.69, 9.17) is 4.74 Å². The molecule has 0 atom stereocenters. The van der Waals surface area contributed by atoms with Crippen LogP contribution in [-0.4, -0.2) is 48.6 Å². The fourth-order valence-corrected chi connectivity index (χ4v) is 4.26. The van der Waals surface area contributed by atoms with E-state index in [1.54, 1.807) is 62.6 Å². The first-order chi connectivity index (χ1) is 16.8. The van der Waals surface area contributed by atoms with Crippen LogP contribution < -0.4 is 15.0 Å². The first-order valence-corrected chi connectivity index (χ1v) is 11.7. The fourth-order valence-electron chi connectivity index (χ4n) is 3.51. The predicted octanol–water partition coefficient (Wildman–Crippen LogP) is 4.91. The highest BCUT2D eigenvalue weighted by Crippen LogP contribution is 2.32. The number of amides is 4. The van der Waals surface area contributed by atoms with Crippen LogP contribution in [0.3, 0.4) is 0 Å². The first kappa shape index (κ1) is 24.0. The van der Waals surface area contributed by atoms with Gasteiger partial charge in [-0.25, -0.2) is 4.90 Å². The summed E-state index contributed by atoms with van der Waals surface area (Å²) in [6.45, 7) is 2.37. The number of ether oxygens (including phenoxy) is 1. The molecule has 9 heteroatoms. The summed E-state index contributed by atoms with van der Waals surface area (Å²) in [5.41, 5.74) is 1.49. The van der Waals surface area contributed by atoms with Crippen molar-refractivity contribution in [1.82, 2.24) is 4.90 Å². The SMILES string of the molecule is CCOc1ccc(N2C(=O)c3ccc(C(=O)Nc4ccccc4SC(=O)N(C)C)cc3C2=O)cc1. The van der Waals surface area contributed by atoms with Crippen LogP contribution in [0.4, 0.5) is 16.2 Å². The van der Waals surface area contributed by atoms with E-state index >= 15 is 0 Å². The highest BCUT2D eigenvalue weighted by molar-refractivity contribution is 8.13. The molecule has 0 aliphatic carbocycles. The van der Waals surface area contributed by atoms with Crippen LogP contribution in [0.1, 0.15) is 38.0 Å². The number of fused-ring (bicyclic) bond motifs is 1. The molecule has 4 rings (SSSR count). The Morgan fingerprint density at radius 2 is 1.63 bits per heavy atom. The van der Waals surface area contributed by atoms with Crippen molar-refractivity contribution in [1.29, 1.82) is 0 Å². The zero-order chi connectivity index (χ0) is 25.1. The maximum atomic E-state index is 13.1. The molecule has 0 bridgehead atoms. The quantitative estimate of drug-likeness (QED) is 0.390. The van der Waals surface area contributed by atoms with Gasteiger partial charge in [-0.1, -0.05) is 12.1 Å². The molecule has 1 aliphatic rings. The summed E-state index contributed by atoms with van der Waals surface area (Å²) in [7, 11) is 3.30. The van der Waals surface area contributed by atoms with Gasteiger partial charge in [0.2, 0.25) is 0 Å². The number of anilines is 2. The minimum absolute atomic E-state index is 0.155. The molecule has 0 spiro atoms. The Morgan fingerprint density at radius 3 is 2.31 bits per heavy atom. The van der Waals surface area contributed by atoms with Gasteiger partial charge in [-0.15, -0.1) is 0 Å². The largest absolute Gasteiger partial charge is 0.494 e. The summed E-state index contributed by atoms with van der Waals surface area (Å²) < 4.78 is 5.42. The van der Waals surface area contributed by atoms with Crippen molar-refractivity contribution in [3.8, 4) is 5.75 Å². The van der Waals surface area contributed by atoms with E-state index in [1.807, 2.05) is 6.92 Å². The van der Waals surface area contributed by atoms with Crippen molar-refractivity contribution in [2.45, 2.75) is 11.8 Å². The lowest BCUT2D eigenvalue weighted by molar-refractivity contribution is 0.0925. The summed E-state index contributed by atoms with van der Waals surface area (Å²) in [6, 6.07) is 18.0. The molecule has 8 nitrogen and oxygen atoms in total. The maximum absolute atomic E-state index is 13.1. The van der Waals surface area contributed by atoms with Crippen molar-refractivity contribution in [3.63, 3.8) is 0 Å². The molecular formula is C26H23N3O5S. The Bertz CT molecular complexity index is 1320. The van der Waals surface area contributed by atoms with Crippen LogP contribution in [-0.2, 0) is 0 Å². The van der Waals surface area contributed by atoms with Crippen molar-refractivity contribution in [3.05, 3.63) is 83.4 Å². The van der Waals surface area contributed by atoms with Gasteiger partial charge in [-0.3, -0.25) is 19.2 Å². The lowest BCUT2D eigenvalue weighted by Gasteiger charge is -2.14. The van der Waals surface area contributed by atoms with Crippen LogP contribution in [0.25, 0.3) is 0 Å². The number of hydrogen-bond acceptors (Lipinski definition) is 6. The van der Waals surface area contributed by atoms with Gasteiger partial charge in [0.05, 0.1) is 29.1 Å². The molecule has 0 saturated carbocycles. The Hall–Kier alpha value is -4.11. The lowest BCUT2D eigenvalue weighted by Crippen LogP contribution is -2.29. The number of hydrogen-bond donors (Lipinski definition) is 1. The zero-order valence-corrected chi connectivity index (χ0v) is 20.2. The third-order valence-electron chi connectivity index (χ3n) is 5.25. The zero-order valence-electron chi connectivity index (χ0n) is 19.4. The topological polar surface area (TPSA) is 96.0 Å². The van der Waals surface area contributed by atoms with Crippen molar-refractivity contribution in [2.75, 3.05) is 30.9 Å². The number of carbonyl (C=O) groups excluding carboxylic acids is 4. The van der Waals surface area contributed by atoms with E-state index in [0.717, 1.165) is 16.7 Å². The minimum Gasteiger partial charge on any atom is -0.494 e. The third kappa shape index (κ3) is 4.90. The van der Waals surface area contributed by atoms with Gasteiger partial charge in [-0.2, -0.15) is 0 Å². The van der Waals surface area contributed by atoms with Crippen LogP contribution in [0.5, 0.6) is 5.75 Å². The number of thioether (sulfide) groups is 1. The first-order valence-electron chi connectivity index (χ1n) is 10.9. The average molecular weight is 490 g/mol. The van der Waals surface area contributed by atoms with E-state index in [2.05, 4.69) is 5.32 Å². The Labute approximate surface area is 206 Å². The molecule has 35 heavy (non-hydrogen) atoms. The van der Waals surface area contributed by atoms with Gasteiger partial charge in [0, 0.05) is 24.6 Å². The summed E-state index contributed by atoms with van der Waals surface area (Å²) >= 11 is 0.996. The van der Waals surface area contributed by atoms with Crippen LogP contribution in [0, 0.1) is 0 Å². The van der Waals surface area contributed by atoms with Gasteiger partial charge in [-0.05, 0) is 73.3 Å². The number of carbonyl (C=O) groups is 4. The molecule has 0 fully saturated rings. The van der Waals surface area contributed by atoms with E-state index in [9.17, 15) is 19.2 Å². The summed E-state index contributed by atoms with van der Waals surface area (Å²) in [4.78, 5) is 54.2. The van der Waals surface area contributed by atoms with Gasteiger partial charge < -0.3 is 15.0 Å². The number of nitrogens with zero attached hydrogens (tertiary/aromatic N) is 2. The molecule has 0 radical (unpaired) electrons. The van der Waals surface area contributed by atoms with Gasteiger partial charge in [0.1, 0.15) is 5.75 Å². The number of para-hydroxylation sites is 1. The smallest absolute Gasteiger partial charge is 0.286 e. The molecule has 0 unspecified atom stereocenters. The van der Waals surface area contributed by atoms with E-state index in [-0.39, 0.29) is 21.9 Å².